The van der Waals surface area contributed by atoms with Crippen LogP contribution in [-0.4, -0.2) is 21.6 Å². The summed E-state index contributed by atoms with van der Waals surface area (Å²) in [5.74, 6) is 0.292. The largest absolute Gasteiger partial charge is 0.478 e. The van der Waals surface area contributed by atoms with Gasteiger partial charge >= 0.3 is 0 Å². The number of hydrogen-bond acceptors (Lipinski definition) is 5. The van der Waals surface area contributed by atoms with E-state index in [1.165, 1.54) is 12.1 Å². The van der Waals surface area contributed by atoms with Crippen LogP contribution in [0.3, 0.4) is 0 Å². The number of rotatable bonds is 6. The number of halogens is 1. The molecule has 1 atom stereocenters. The Morgan fingerprint density at radius 1 is 1.04 bits per heavy atom. The second kappa shape index (κ2) is 7.50. The van der Waals surface area contributed by atoms with Crippen molar-refractivity contribution < 1.29 is 9.13 Å². The van der Waals surface area contributed by atoms with Gasteiger partial charge in [-0.15, -0.1) is 0 Å². The lowest BCUT2D eigenvalue weighted by atomic mass is 10.0. The number of nitrogens with zero attached hydrogens (tertiary/aromatic N) is 3. The number of anilines is 1. The highest BCUT2D eigenvalue weighted by molar-refractivity contribution is 5.47. The Morgan fingerprint density at radius 3 is 2.50 bits per heavy atom. The lowest BCUT2D eigenvalue weighted by molar-refractivity contribution is 0.327. The van der Waals surface area contributed by atoms with E-state index in [9.17, 15) is 4.39 Å². The van der Waals surface area contributed by atoms with Crippen LogP contribution in [0.25, 0.3) is 0 Å². The Labute approximate surface area is 139 Å². The first-order valence-corrected chi connectivity index (χ1v) is 7.63. The first kappa shape index (κ1) is 15.9. The third kappa shape index (κ3) is 3.84. The zero-order chi connectivity index (χ0) is 16.8. The summed E-state index contributed by atoms with van der Waals surface area (Å²) in [5.41, 5.74) is 2.42. The molecule has 0 aliphatic rings. The van der Waals surface area contributed by atoms with Crippen LogP contribution in [0.4, 0.5) is 10.1 Å². The smallest absolute Gasteiger partial charge is 0.213 e. The molecule has 0 unspecified atom stereocenters. The van der Waals surface area contributed by atoms with E-state index >= 15 is 0 Å². The van der Waals surface area contributed by atoms with Gasteiger partial charge in [0.05, 0.1) is 36.4 Å². The summed E-state index contributed by atoms with van der Waals surface area (Å²) in [5, 5.41) is 3.36. The van der Waals surface area contributed by atoms with Crippen molar-refractivity contribution in [3.05, 3.63) is 78.3 Å². The zero-order valence-electron chi connectivity index (χ0n) is 13.2. The molecule has 24 heavy (non-hydrogen) atoms. The Morgan fingerprint density at radius 2 is 1.88 bits per heavy atom. The van der Waals surface area contributed by atoms with Gasteiger partial charge in [0.2, 0.25) is 5.88 Å². The summed E-state index contributed by atoms with van der Waals surface area (Å²) in [7, 11) is 0. The van der Waals surface area contributed by atoms with Gasteiger partial charge in [0.15, 0.2) is 0 Å². The standard InChI is InChI=1S/C18H17FN4O/c1-2-24-17-8-7-15(11-22-17)23-18(16-12-20-9-10-21-16)13-3-5-14(19)6-4-13/h3-12,18,23H,2H2,1H3/t18-/m0/s1. The topological polar surface area (TPSA) is 59.9 Å². The minimum absolute atomic E-state index is 0.265. The SMILES string of the molecule is CCOc1ccc(N[C@@H](c2ccc(F)cc2)c2cnccn2)cn1. The van der Waals surface area contributed by atoms with Gasteiger partial charge in [-0.25, -0.2) is 9.37 Å². The van der Waals surface area contributed by atoms with Crippen LogP contribution in [-0.2, 0) is 0 Å². The van der Waals surface area contributed by atoms with Crippen molar-refractivity contribution in [3.63, 3.8) is 0 Å². The summed E-state index contributed by atoms with van der Waals surface area (Å²) in [4.78, 5) is 12.7. The molecule has 0 saturated carbocycles. The van der Waals surface area contributed by atoms with Crippen LogP contribution in [0.2, 0.25) is 0 Å². The van der Waals surface area contributed by atoms with Crippen molar-refractivity contribution in [2.24, 2.45) is 0 Å². The van der Waals surface area contributed by atoms with E-state index < -0.39 is 0 Å². The van der Waals surface area contributed by atoms with E-state index in [2.05, 4.69) is 20.3 Å². The summed E-state index contributed by atoms with van der Waals surface area (Å²) < 4.78 is 18.6. The molecule has 3 aromatic rings. The average molecular weight is 324 g/mol. The maximum Gasteiger partial charge on any atom is 0.213 e. The second-order valence-corrected chi connectivity index (χ2v) is 5.08. The van der Waals surface area contributed by atoms with Crippen LogP contribution >= 0.6 is 0 Å². The van der Waals surface area contributed by atoms with E-state index in [0.29, 0.717) is 12.5 Å². The van der Waals surface area contributed by atoms with Gasteiger partial charge in [-0.3, -0.25) is 9.97 Å². The first-order valence-electron chi connectivity index (χ1n) is 7.63. The lowest BCUT2D eigenvalue weighted by Crippen LogP contribution is -2.14. The fourth-order valence-electron chi connectivity index (χ4n) is 2.31. The predicted molar refractivity (Wildman–Crippen MR) is 89.3 cm³/mol. The molecule has 122 valence electrons. The molecule has 0 aliphatic carbocycles. The van der Waals surface area contributed by atoms with Crippen molar-refractivity contribution in [3.8, 4) is 5.88 Å². The highest BCUT2D eigenvalue weighted by atomic mass is 19.1. The maximum absolute atomic E-state index is 13.2. The Hall–Kier alpha value is -3.02. The van der Waals surface area contributed by atoms with Crippen LogP contribution in [0.15, 0.2) is 61.2 Å². The lowest BCUT2D eigenvalue weighted by Gasteiger charge is -2.19. The van der Waals surface area contributed by atoms with E-state index in [1.54, 1.807) is 43.0 Å². The van der Waals surface area contributed by atoms with Gasteiger partial charge in [-0.05, 0) is 30.7 Å². The first-order chi connectivity index (χ1) is 11.8. The van der Waals surface area contributed by atoms with E-state index in [-0.39, 0.29) is 11.9 Å². The van der Waals surface area contributed by atoms with E-state index in [4.69, 9.17) is 4.74 Å². The number of pyridine rings is 1. The van der Waals surface area contributed by atoms with Crippen molar-refractivity contribution in [1.29, 1.82) is 0 Å². The molecule has 0 saturated heterocycles. The zero-order valence-corrected chi connectivity index (χ0v) is 13.2. The minimum Gasteiger partial charge on any atom is -0.478 e. The molecule has 5 nitrogen and oxygen atoms in total. The number of nitrogens with one attached hydrogen (secondary N) is 1. The van der Waals surface area contributed by atoms with Gasteiger partial charge in [-0.2, -0.15) is 0 Å². The summed E-state index contributed by atoms with van der Waals surface area (Å²) in [6, 6.07) is 9.72. The maximum atomic E-state index is 13.2. The van der Waals surface area contributed by atoms with Crippen molar-refractivity contribution >= 4 is 5.69 Å². The monoisotopic (exact) mass is 324 g/mol. The molecular weight excluding hydrogens is 307 g/mol. The molecule has 2 heterocycles. The molecule has 0 bridgehead atoms. The second-order valence-electron chi connectivity index (χ2n) is 5.08. The van der Waals surface area contributed by atoms with Crippen molar-refractivity contribution in [2.75, 3.05) is 11.9 Å². The number of ether oxygens (including phenoxy) is 1. The van der Waals surface area contributed by atoms with Crippen LogP contribution < -0.4 is 10.1 Å². The van der Waals surface area contributed by atoms with Gasteiger partial charge in [0, 0.05) is 18.5 Å². The predicted octanol–water partition coefficient (Wildman–Crippen LogP) is 3.61. The van der Waals surface area contributed by atoms with Gasteiger partial charge < -0.3 is 10.1 Å². The van der Waals surface area contributed by atoms with Crippen LogP contribution in [0, 0.1) is 5.82 Å². The molecule has 0 radical (unpaired) electrons. The van der Waals surface area contributed by atoms with Gasteiger partial charge in [0.25, 0.3) is 0 Å². The number of aromatic nitrogens is 3. The van der Waals surface area contributed by atoms with Crippen molar-refractivity contribution in [1.82, 2.24) is 15.0 Å². The summed E-state index contributed by atoms with van der Waals surface area (Å²) >= 11 is 0. The fourth-order valence-corrected chi connectivity index (χ4v) is 2.31. The Bertz CT molecular complexity index is 763. The molecule has 6 heteroatoms. The van der Waals surface area contributed by atoms with E-state index in [1.807, 2.05) is 13.0 Å². The molecule has 1 aromatic carbocycles. The van der Waals surface area contributed by atoms with Gasteiger partial charge in [-0.1, -0.05) is 12.1 Å². The third-order valence-corrected chi connectivity index (χ3v) is 3.42. The Kier molecular flexibility index (Phi) is 4.96. The molecule has 2 aromatic heterocycles. The minimum atomic E-state index is -0.278. The highest BCUT2D eigenvalue weighted by Crippen LogP contribution is 2.25. The molecular formula is C18H17FN4O. The van der Waals surface area contributed by atoms with Gasteiger partial charge in [0.1, 0.15) is 5.82 Å². The van der Waals surface area contributed by atoms with Crippen LogP contribution in [0.1, 0.15) is 24.2 Å². The molecule has 0 aliphatic heterocycles. The highest BCUT2D eigenvalue weighted by Gasteiger charge is 2.16. The molecule has 0 spiro atoms. The van der Waals surface area contributed by atoms with Crippen LogP contribution in [0.5, 0.6) is 5.88 Å². The summed E-state index contributed by atoms with van der Waals surface area (Å²) in [6.45, 7) is 2.48. The quantitative estimate of drug-likeness (QED) is 0.750. The normalized spacial score (nSPS) is 11.8. The molecule has 1 N–H and O–H groups in total. The fraction of sp³-hybridized carbons (Fsp3) is 0.167. The molecule has 0 amide bonds. The Balaban J connectivity index is 1.88. The molecule has 0 fully saturated rings. The number of hydrogen-bond donors (Lipinski definition) is 1. The average Bonchev–Trinajstić information content (AvgIpc) is 2.63. The summed E-state index contributed by atoms with van der Waals surface area (Å²) in [6.07, 6.45) is 6.62. The van der Waals surface area contributed by atoms with Crippen molar-refractivity contribution in [2.45, 2.75) is 13.0 Å². The third-order valence-electron chi connectivity index (χ3n) is 3.42. The van der Waals surface area contributed by atoms with E-state index in [0.717, 1.165) is 16.9 Å². The molecule has 3 rings (SSSR count). The number of benzene rings is 1.